The SMILES string of the molecule is CCc1c(Cc2ccc(N=C=O)cc2)cc(N=C=O)cc1N=C=O. The Balaban J connectivity index is 2.48. The predicted octanol–water partition coefficient (Wildman–Crippen LogP) is 3.74. The zero-order chi connectivity index (χ0) is 17.4. The van der Waals surface area contributed by atoms with Gasteiger partial charge in [-0.2, -0.15) is 15.0 Å². The first-order valence-electron chi connectivity index (χ1n) is 7.20. The Hall–Kier alpha value is -3.42. The van der Waals surface area contributed by atoms with Gasteiger partial charge in [-0.05, 0) is 53.8 Å². The summed E-state index contributed by atoms with van der Waals surface area (Å²) in [5, 5.41) is 0. The molecule has 0 aliphatic rings. The average Bonchev–Trinajstić information content (AvgIpc) is 2.57. The summed E-state index contributed by atoms with van der Waals surface area (Å²) >= 11 is 0. The number of hydrogen-bond acceptors (Lipinski definition) is 6. The maximum absolute atomic E-state index is 10.6. The Morgan fingerprint density at radius 1 is 0.833 bits per heavy atom. The minimum atomic E-state index is 0.383. The van der Waals surface area contributed by atoms with Crippen LogP contribution in [0, 0.1) is 0 Å². The van der Waals surface area contributed by atoms with Gasteiger partial charge in [0.1, 0.15) is 0 Å². The molecule has 0 unspecified atom stereocenters. The molecule has 24 heavy (non-hydrogen) atoms. The third-order valence-electron chi connectivity index (χ3n) is 3.50. The number of benzene rings is 2. The summed E-state index contributed by atoms with van der Waals surface area (Å²) in [4.78, 5) is 42.3. The number of carbonyl (C=O) groups excluding carboxylic acids is 3. The second kappa shape index (κ2) is 8.28. The fourth-order valence-corrected chi connectivity index (χ4v) is 2.49. The molecule has 0 heterocycles. The Labute approximate surface area is 138 Å². The molecule has 0 aromatic heterocycles. The fourth-order valence-electron chi connectivity index (χ4n) is 2.49. The Bertz CT molecular complexity index is 884. The monoisotopic (exact) mass is 319 g/mol. The molecule has 0 bridgehead atoms. The highest BCUT2D eigenvalue weighted by molar-refractivity contribution is 5.65. The lowest BCUT2D eigenvalue weighted by Gasteiger charge is -2.11. The van der Waals surface area contributed by atoms with Crippen molar-refractivity contribution < 1.29 is 14.4 Å². The van der Waals surface area contributed by atoms with E-state index < -0.39 is 0 Å². The molecule has 0 atom stereocenters. The molecule has 0 saturated carbocycles. The van der Waals surface area contributed by atoms with E-state index in [1.807, 2.05) is 19.1 Å². The Kier molecular flexibility index (Phi) is 5.84. The number of hydrogen-bond donors (Lipinski definition) is 0. The van der Waals surface area contributed by atoms with Crippen LogP contribution in [-0.2, 0) is 27.2 Å². The first kappa shape index (κ1) is 16.9. The van der Waals surface area contributed by atoms with E-state index in [1.54, 1.807) is 24.3 Å². The number of isocyanates is 3. The van der Waals surface area contributed by atoms with E-state index in [2.05, 4.69) is 15.0 Å². The van der Waals surface area contributed by atoms with E-state index in [0.29, 0.717) is 29.9 Å². The molecule has 118 valence electrons. The molecule has 0 radical (unpaired) electrons. The van der Waals surface area contributed by atoms with Crippen molar-refractivity contribution in [1.82, 2.24) is 0 Å². The van der Waals surface area contributed by atoms with E-state index in [1.165, 1.54) is 18.2 Å². The van der Waals surface area contributed by atoms with Gasteiger partial charge >= 0.3 is 0 Å². The molecule has 6 nitrogen and oxygen atoms in total. The maximum Gasteiger partial charge on any atom is 0.240 e. The van der Waals surface area contributed by atoms with Crippen molar-refractivity contribution in [2.45, 2.75) is 19.8 Å². The van der Waals surface area contributed by atoms with Gasteiger partial charge < -0.3 is 0 Å². The second-order valence-electron chi connectivity index (χ2n) is 4.91. The van der Waals surface area contributed by atoms with Crippen LogP contribution in [0.15, 0.2) is 51.4 Å². The first-order valence-corrected chi connectivity index (χ1v) is 7.20. The fraction of sp³-hybridized carbons (Fsp3) is 0.167. The van der Waals surface area contributed by atoms with Gasteiger partial charge in [0.25, 0.3) is 0 Å². The van der Waals surface area contributed by atoms with E-state index in [4.69, 9.17) is 0 Å². The predicted molar refractivity (Wildman–Crippen MR) is 88.4 cm³/mol. The Morgan fingerprint density at radius 2 is 1.46 bits per heavy atom. The topological polar surface area (TPSA) is 88.3 Å². The Morgan fingerprint density at radius 3 is 2.04 bits per heavy atom. The van der Waals surface area contributed by atoms with Gasteiger partial charge in [-0.15, -0.1) is 0 Å². The molecule has 6 heteroatoms. The van der Waals surface area contributed by atoms with Crippen molar-refractivity contribution >= 4 is 35.3 Å². The zero-order valence-electron chi connectivity index (χ0n) is 12.9. The molecule has 2 aromatic carbocycles. The number of nitrogens with zero attached hydrogens (tertiary/aromatic N) is 3. The van der Waals surface area contributed by atoms with Gasteiger partial charge in [0.05, 0.1) is 17.1 Å². The van der Waals surface area contributed by atoms with E-state index >= 15 is 0 Å². The van der Waals surface area contributed by atoms with Gasteiger partial charge in [-0.3, -0.25) is 0 Å². The van der Waals surface area contributed by atoms with Gasteiger partial charge in [0, 0.05) is 0 Å². The molecule has 2 rings (SSSR count). The summed E-state index contributed by atoms with van der Waals surface area (Å²) in [5.41, 5.74) is 4.11. The van der Waals surface area contributed by atoms with Gasteiger partial charge in [-0.1, -0.05) is 19.1 Å². The minimum Gasteiger partial charge on any atom is -0.211 e. The van der Waals surface area contributed by atoms with E-state index in [9.17, 15) is 14.4 Å². The number of rotatable bonds is 6. The normalized spacial score (nSPS) is 9.38. The minimum absolute atomic E-state index is 0.383. The highest BCUT2D eigenvalue weighted by Crippen LogP contribution is 2.31. The third kappa shape index (κ3) is 4.07. The van der Waals surface area contributed by atoms with Crippen molar-refractivity contribution in [3.8, 4) is 0 Å². The lowest BCUT2D eigenvalue weighted by molar-refractivity contribution is 0.564. The van der Waals surface area contributed by atoms with Crippen LogP contribution in [0.1, 0.15) is 23.6 Å². The lowest BCUT2D eigenvalue weighted by atomic mass is 9.96. The van der Waals surface area contributed by atoms with Crippen LogP contribution in [0.2, 0.25) is 0 Å². The molecule has 0 fully saturated rings. The van der Waals surface area contributed by atoms with Crippen molar-refractivity contribution in [2.75, 3.05) is 0 Å². The molecule has 0 N–H and O–H groups in total. The molecule has 0 saturated heterocycles. The molecule has 0 amide bonds. The lowest BCUT2D eigenvalue weighted by Crippen LogP contribution is -1.95. The summed E-state index contributed by atoms with van der Waals surface area (Å²) in [6, 6.07) is 10.4. The number of aliphatic imine (C=N–C) groups is 3. The molecule has 0 aliphatic carbocycles. The third-order valence-corrected chi connectivity index (χ3v) is 3.50. The van der Waals surface area contributed by atoms with Gasteiger partial charge in [-0.25, -0.2) is 14.4 Å². The molecule has 2 aromatic rings. The van der Waals surface area contributed by atoms with Crippen molar-refractivity contribution in [3.05, 3.63) is 53.1 Å². The molecule has 0 spiro atoms. The summed E-state index contributed by atoms with van der Waals surface area (Å²) in [7, 11) is 0. The molecular formula is C18H13N3O3. The van der Waals surface area contributed by atoms with Crippen LogP contribution in [0.4, 0.5) is 17.1 Å². The smallest absolute Gasteiger partial charge is 0.211 e. The van der Waals surface area contributed by atoms with E-state index in [0.717, 1.165) is 16.7 Å². The van der Waals surface area contributed by atoms with Crippen LogP contribution in [-0.4, -0.2) is 18.2 Å². The van der Waals surface area contributed by atoms with E-state index in [-0.39, 0.29) is 0 Å². The van der Waals surface area contributed by atoms with Crippen LogP contribution in [0.3, 0.4) is 0 Å². The second-order valence-corrected chi connectivity index (χ2v) is 4.91. The standard InChI is InChI=1S/C18H13N3O3/c1-2-17-14(7-13-3-5-15(6-4-13)19-10-22)8-16(20-11-23)9-18(17)21-12-24/h3-6,8-9H,2,7H2,1H3. The van der Waals surface area contributed by atoms with Crippen molar-refractivity contribution in [2.24, 2.45) is 15.0 Å². The highest BCUT2D eigenvalue weighted by Gasteiger charge is 2.10. The van der Waals surface area contributed by atoms with Crippen LogP contribution < -0.4 is 0 Å². The molecular weight excluding hydrogens is 306 g/mol. The van der Waals surface area contributed by atoms with Gasteiger partial charge in [0.15, 0.2) is 0 Å². The van der Waals surface area contributed by atoms with Crippen molar-refractivity contribution in [3.63, 3.8) is 0 Å². The first-order chi connectivity index (χ1) is 11.7. The largest absolute Gasteiger partial charge is 0.240 e. The summed E-state index contributed by atoms with van der Waals surface area (Å²) in [5.74, 6) is 0. The van der Waals surface area contributed by atoms with Crippen molar-refractivity contribution in [1.29, 1.82) is 0 Å². The summed E-state index contributed by atoms with van der Waals surface area (Å²) < 4.78 is 0. The summed E-state index contributed by atoms with van der Waals surface area (Å²) in [6.07, 6.45) is 5.72. The maximum atomic E-state index is 10.6. The van der Waals surface area contributed by atoms with Crippen LogP contribution >= 0.6 is 0 Å². The van der Waals surface area contributed by atoms with Crippen LogP contribution in [0.5, 0.6) is 0 Å². The quantitative estimate of drug-likeness (QED) is 0.600. The summed E-state index contributed by atoms with van der Waals surface area (Å²) in [6.45, 7) is 1.95. The van der Waals surface area contributed by atoms with Gasteiger partial charge in [0.2, 0.25) is 18.2 Å². The molecule has 0 aliphatic heterocycles. The van der Waals surface area contributed by atoms with Crippen LogP contribution in [0.25, 0.3) is 0 Å². The highest BCUT2D eigenvalue weighted by atomic mass is 16.1. The average molecular weight is 319 g/mol. The zero-order valence-corrected chi connectivity index (χ0v) is 12.9.